The lowest BCUT2D eigenvalue weighted by Crippen LogP contribution is -2.23. The quantitative estimate of drug-likeness (QED) is 0.745. The molecule has 0 aliphatic carbocycles. The third kappa shape index (κ3) is 4.92. The standard InChI is InChI=1S/C18H21ClN4O3/c1-4-5-10-23(2)18-20-9-8-14(22-18)16(24)21-15-11-12(17(25)26-3)6-7-13(15)19/h6-9,11H,4-5,10H2,1-3H3,(H,21,24). The first-order valence-corrected chi connectivity index (χ1v) is 8.57. The summed E-state index contributed by atoms with van der Waals surface area (Å²) in [5, 5.41) is 2.97. The van der Waals surface area contributed by atoms with Gasteiger partial charge in [-0.1, -0.05) is 24.9 Å². The summed E-state index contributed by atoms with van der Waals surface area (Å²) in [7, 11) is 3.16. The number of aromatic nitrogens is 2. The Morgan fingerprint density at radius 1 is 1.31 bits per heavy atom. The van der Waals surface area contributed by atoms with E-state index in [1.54, 1.807) is 0 Å². The van der Waals surface area contributed by atoms with Gasteiger partial charge in [-0.15, -0.1) is 0 Å². The maximum absolute atomic E-state index is 12.5. The molecule has 0 atom stereocenters. The minimum atomic E-state index is -0.515. The molecule has 0 unspecified atom stereocenters. The molecule has 0 spiro atoms. The van der Waals surface area contributed by atoms with Gasteiger partial charge in [-0.3, -0.25) is 4.79 Å². The Kier molecular flexibility index (Phi) is 6.91. The molecule has 1 amide bonds. The maximum atomic E-state index is 12.5. The normalized spacial score (nSPS) is 10.3. The number of amides is 1. The molecule has 26 heavy (non-hydrogen) atoms. The highest BCUT2D eigenvalue weighted by atomic mass is 35.5. The van der Waals surface area contributed by atoms with Crippen molar-refractivity contribution in [3.05, 3.63) is 46.7 Å². The zero-order valence-corrected chi connectivity index (χ0v) is 15.7. The van der Waals surface area contributed by atoms with Crippen LogP contribution in [0.4, 0.5) is 11.6 Å². The average molecular weight is 377 g/mol. The van der Waals surface area contributed by atoms with E-state index in [0.717, 1.165) is 19.4 Å². The number of nitrogens with one attached hydrogen (secondary N) is 1. The van der Waals surface area contributed by atoms with Gasteiger partial charge in [0.25, 0.3) is 5.91 Å². The molecule has 2 rings (SSSR count). The predicted octanol–water partition coefficient (Wildman–Crippen LogP) is 3.41. The highest BCUT2D eigenvalue weighted by Crippen LogP contribution is 2.24. The van der Waals surface area contributed by atoms with Gasteiger partial charge in [-0.2, -0.15) is 0 Å². The number of esters is 1. The van der Waals surface area contributed by atoms with E-state index in [1.807, 2.05) is 11.9 Å². The number of ether oxygens (including phenoxy) is 1. The van der Waals surface area contributed by atoms with Crippen LogP contribution in [0.15, 0.2) is 30.5 Å². The number of rotatable bonds is 7. The average Bonchev–Trinajstić information content (AvgIpc) is 2.67. The van der Waals surface area contributed by atoms with E-state index >= 15 is 0 Å². The van der Waals surface area contributed by atoms with Gasteiger partial charge in [0.15, 0.2) is 0 Å². The third-order valence-corrected chi connectivity index (χ3v) is 4.03. The lowest BCUT2D eigenvalue weighted by Gasteiger charge is -2.16. The van der Waals surface area contributed by atoms with Crippen LogP contribution in [0, 0.1) is 0 Å². The van der Waals surface area contributed by atoms with Crippen LogP contribution >= 0.6 is 11.6 Å². The fourth-order valence-electron chi connectivity index (χ4n) is 2.21. The van der Waals surface area contributed by atoms with Crippen LogP contribution in [-0.4, -0.2) is 42.5 Å². The Morgan fingerprint density at radius 2 is 2.08 bits per heavy atom. The van der Waals surface area contributed by atoms with Crippen molar-refractivity contribution in [3.63, 3.8) is 0 Å². The second-order valence-corrected chi connectivity index (χ2v) is 6.06. The number of unbranched alkanes of at least 4 members (excludes halogenated alkanes) is 1. The van der Waals surface area contributed by atoms with E-state index in [0.29, 0.717) is 16.7 Å². The molecule has 0 fully saturated rings. The van der Waals surface area contributed by atoms with Crippen LogP contribution in [0.3, 0.4) is 0 Å². The molecule has 1 aromatic carbocycles. The minimum Gasteiger partial charge on any atom is -0.465 e. The molecule has 8 heteroatoms. The van der Waals surface area contributed by atoms with Crippen LogP contribution in [0.25, 0.3) is 0 Å². The van der Waals surface area contributed by atoms with E-state index in [2.05, 4.69) is 26.9 Å². The number of benzene rings is 1. The first-order chi connectivity index (χ1) is 12.5. The van der Waals surface area contributed by atoms with Crippen LogP contribution in [0.5, 0.6) is 0 Å². The Bertz CT molecular complexity index is 798. The molecule has 0 aliphatic rings. The molecule has 0 radical (unpaired) electrons. The highest BCUT2D eigenvalue weighted by molar-refractivity contribution is 6.34. The third-order valence-electron chi connectivity index (χ3n) is 3.70. The van der Waals surface area contributed by atoms with E-state index < -0.39 is 11.9 Å². The van der Waals surface area contributed by atoms with Gasteiger partial charge >= 0.3 is 5.97 Å². The Balaban J connectivity index is 2.19. The van der Waals surface area contributed by atoms with Crippen molar-refractivity contribution in [2.45, 2.75) is 19.8 Å². The van der Waals surface area contributed by atoms with Crippen LogP contribution in [0.1, 0.15) is 40.6 Å². The summed E-state index contributed by atoms with van der Waals surface area (Å²) in [6.07, 6.45) is 3.60. The number of carbonyl (C=O) groups excluding carboxylic acids is 2. The molecule has 0 bridgehead atoms. The highest BCUT2D eigenvalue weighted by Gasteiger charge is 2.15. The molecule has 1 N–H and O–H groups in total. The number of methoxy groups -OCH3 is 1. The van der Waals surface area contributed by atoms with Crippen molar-refractivity contribution in [1.29, 1.82) is 0 Å². The number of hydrogen-bond acceptors (Lipinski definition) is 6. The number of nitrogens with zero attached hydrogens (tertiary/aromatic N) is 3. The second-order valence-electron chi connectivity index (χ2n) is 5.66. The van der Waals surface area contributed by atoms with Crippen molar-refractivity contribution in [2.75, 3.05) is 30.9 Å². The largest absolute Gasteiger partial charge is 0.465 e. The SMILES string of the molecule is CCCCN(C)c1nccc(C(=O)Nc2cc(C(=O)OC)ccc2Cl)n1. The molecule has 0 saturated heterocycles. The molecule has 7 nitrogen and oxygen atoms in total. The number of hydrogen-bond donors (Lipinski definition) is 1. The van der Waals surface area contributed by atoms with E-state index in [-0.39, 0.29) is 11.3 Å². The lowest BCUT2D eigenvalue weighted by atomic mass is 10.2. The van der Waals surface area contributed by atoms with E-state index in [9.17, 15) is 9.59 Å². The zero-order valence-electron chi connectivity index (χ0n) is 15.0. The lowest BCUT2D eigenvalue weighted by molar-refractivity contribution is 0.0600. The van der Waals surface area contributed by atoms with Crippen molar-refractivity contribution < 1.29 is 14.3 Å². The summed E-state index contributed by atoms with van der Waals surface area (Å²) < 4.78 is 4.67. The summed E-state index contributed by atoms with van der Waals surface area (Å²) >= 11 is 6.11. The molecule has 2 aromatic rings. The van der Waals surface area contributed by atoms with Crippen LogP contribution in [-0.2, 0) is 4.74 Å². The van der Waals surface area contributed by atoms with Gasteiger partial charge in [-0.05, 0) is 30.7 Å². The molecule has 0 saturated carbocycles. The molecular formula is C18H21ClN4O3. The van der Waals surface area contributed by atoms with Crippen LogP contribution in [0.2, 0.25) is 5.02 Å². The van der Waals surface area contributed by atoms with Crippen molar-refractivity contribution in [3.8, 4) is 0 Å². The summed E-state index contributed by atoms with van der Waals surface area (Å²) in [5.74, 6) is -0.485. The first-order valence-electron chi connectivity index (χ1n) is 8.19. The molecule has 1 heterocycles. The summed E-state index contributed by atoms with van der Waals surface area (Å²) in [6.45, 7) is 2.90. The summed E-state index contributed by atoms with van der Waals surface area (Å²) in [6, 6.07) is 6.02. The Hall–Kier alpha value is -2.67. The Labute approximate surface area is 157 Å². The number of anilines is 2. The molecule has 138 valence electrons. The van der Waals surface area contributed by atoms with Gasteiger partial charge in [0.2, 0.25) is 5.95 Å². The maximum Gasteiger partial charge on any atom is 0.337 e. The van der Waals surface area contributed by atoms with Crippen molar-refractivity contribution in [1.82, 2.24) is 9.97 Å². The van der Waals surface area contributed by atoms with Gasteiger partial charge < -0.3 is 15.0 Å². The molecular weight excluding hydrogens is 356 g/mol. The zero-order chi connectivity index (χ0) is 19.1. The van der Waals surface area contributed by atoms with Crippen molar-refractivity contribution >= 4 is 35.1 Å². The Morgan fingerprint density at radius 3 is 2.77 bits per heavy atom. The van der Waals surface area contributed by atoms with E-state index in [4.69, 9.17) is 11.6 Å². The van der Waals surface area contributed by atoms with Crippen molar-refractivity contribution in [2.24, 2.45) is 0 Å². The topological polar surface area (TPSA) is 84.4 Å². The van der Waals surface area contributed by atoms with Gasteiger partial charge in [-0.25, -0.2) is 14.8 Å². The van der Waals surface area contributed by atoms with E-state index in [1.165, 1.54) is 37.6 Å². The molecule has 1 aromatic heterocycles. The number of halogens is 1. The smallest absolute Gasteiger partial charge is 0.337 e. The van der Waals surface area contributed by atoms with Gasteiger partial charge in [0.1, 0.15) is 5.69 Å². The fourth-order valence-corrected chi connectivity index (χ4v) is 2.37. The second kappa shape index (κ2) is 9.15. The number of carbonyl (C=O) groups is 2. The fraction of sp³-hybridized carbons (Fsp3) is 0.333. The summed E-state index contributed by atoms with van der Waals surface area (Å²) in [4.78, 5) is 34.5. The van der Waals surface area contributed by atoms with Crippen LogP contribution < -0.4 is 10.2 Å². The predicted molar refractivity (Wildman–Crippen MR) is 101 cm³/mol. The van der Waals surface area contributed by atoms with Gasteiger partial charge in [0.05, 0.1) is 23.4 Å². The first kappa shape index (κ1) is 19.7. The minimum absolute atomic E-state index is 0.206. The van der Waals surface area contributed by atoms with Gasteiger partial charge in [0, 0.05) is 19.8 Å². The summed E-state index contributed by atoms with van der Waals surface area (Å²) in [5.41, 5.74) is 0.798. The molecule has 0 aliphatic heterocycles. The monoisotopic (exact) mass is 376 g/mol.